The van der Waals surface area contributed by atoms with Crippen molar-refractivity contribution >= 4 is 23.2 Å². The van der Waals surface area contributed by atoms with Crippen LogP contribution in [0.15, 0.2) is 11.6 Å². The Hall–Kier alpha value is -1.68. The number of carbonyl (C=O) groups is 2. The molecule has 10 heteroatoms. The van der Waals surface area contributed by atoms with Crippen LogP contribution in [-0.2, 0) is 16.1 Å². The Balaban J connectivity index is 0.000000236. The monoisotopic (exact) mass is 351 g/mol. The second kappa shape index (κ2) is 6.44. The van der Waals surface area contributed by atoms with Crippen molar-refractivity contribution in [2.75, 3.05) is 13.1 Å². The lowest BCUT2D eigenvalue weighted by molar-refractivity contribution is -0.192. The molecule has 3 rings (SSSR count). The third kappa shape index (κ3) is 4.41. The van der Waals surface area contributed by atoms with Crippen LogP contribution in [0.5, 0.6) is 0 Å². The topological polar surface area (TPSA) is 82.5 Å². The molecule has 1 saturated heterocycles. The van der Waals surface area contributed by atoms with Crippen molar-refractivity contribution in [2.45, 2.75) is 31.6 Å². The van der Waals surface area contributed by atoms with Gasteiger partial charge in [-0.1, -0.05) is 0 Å². The number of fused-ring (bicyclic) bond motifs is 1. The molecule has 2 aliphatic rings. The Bertz CT molecular complexity index is 579. The minimum atomic E-state index is -5.08. The largest absolute Gasteiger partial charge is 0.490 e. The number of piperidine rings is 1. The van der Waals surface area contributed by atoms with Crippen molar-refractivity contribution < 1.29 is 27.9 Å². The van der Waals surface area contributed by atoms with Crippen molar-refractivity contribution in [1.82, 2.24) is 15.2 Å². The van der Waals surface area contributed by atoms with Gasteiger partial charge in [0.15, 0.2) is 0 Å². The molecule has 0 radical (unpaired) electrons. The SMILES string of the molecule is CC(=O)N1CC2CC2(NCc2nccs2)C1.O=C(O)C(F)(F)F. The van der Waals surface area contributed by atoms with Crippen LogP contribution in [0.1, 0.15) is 18.4 Å². The first-order valence-electron chi connectivity index (χ1n) is 6.83. The fourth-order valence-electron chi connectivity index (χ4n) is 2.59. The molecule has 2 atom stereocenters. The highest BCUT2D eigenvalue weighted by molar-refractivity contribution is 7.09. The maximum Gasteiger partial charge on any atom is 0.490 e. The summed E-state index contributed by atoms with van der Waals surface area (Å²) in [6, 6.07) is 0. The predicted molar refractivity (Wildman–Crippen MR) is 75.7 cm³/mol. The second-order valence-corrected chi connectivity index (χ2v) is 6.52. The van der Waals surface area contributed by atoms with Gasteiger partial charge in [-0.2, -0.15) is 13.2 Å². The number of alkyl halides is 3. The molecular weight excluding hydrogens is 335 g/mol. The summed E-state index contributed by atoms with van der Waals surface area (Å²) in [5.41, 5.74) is 0.206. The molecule has 1 aliphatic heterocycles. The molecule has 0 spiro atoms. The summed E-state index contributed by atoms with van der Waals surface area (Å²) in [4.78, 5) is 26.4. The number of likely N-dealkylation sites (tertiary alicyclic amines) is 1. The van der Waals surface area contributed by atoms with Crippen molar-refractivity contribution in [1.29, 1.82) is 0 Å². The van der Waals surface area contributed by atoms with Crippen molar-refractivity contribution in [3.63, 3.8) is 0 Å². The molecule has 2 unspecified atom stereocenters. The third-order valence-corrected chi connectivity index (χ3v) is 4.69. The molecule has 0 aromatic carbocycles. The number of aliphatic carboxylic acids is 1. The number of hydrogen-bond donors (Lipinski definition) is 2. The van der Waals surface area contributed by atoms with Crippen LogP contribution < -0.4 is 5.32 Å². The molecule has 1 aromatic heterocycles. The Morgan fingerprint density at radius 3 is 2.65 bits per heavy atom. The summed E-state index contributed by atoms with van der Waals surface area (Å²) in [6.07, 6.45) is -2.04. The highest BCUT2D eigenvalue weighted by Crippen LogP contribution is 2.49. The average molecular weight is 351 g/mol. The number of hydrogen-bond acceptors (Lipinski definition) is 5. The number of carboxylic acids is 1. The van der Waals surface area contributed by atoms with Gasteiger partial charge < -0.3 is 15.3 Å². The Morgan fingerprint density at radius 1 is 1.57 bits per heavy atom. The number of carboxylic acid groups (broad SMARTS) is 1. The maximum atomic E-state index is 11.3. The van der Waals surface area contributed by atoms with E-state index in [1.165, 1.54) is 6.42 Å². The van der Waals surface area contributed by atoms with Crippen molar-refractivity contribution in [3.05, 3.63) is 16.6 Å². The van der Waals surface area contributed by atoms with Crippen LogP contribution in [-0.4, -0.2) is 51.7 Å². The second-order valence-electron chi connectivity index (χ2n) is 5.54. The van der Waals surface area contributed by atoms with Crippen molar-refractivity contribution in [2.24, 2.45) is 5.92 Å². The van der Waals surface area contributed by atoms with Gasteiger partial charge in [0.2, 0.25) is 5.91 Å². The molecule has 1 aromatic rings. The van der Waals surface area contributed by atoms with Crippen LogP contribution in [0, 0.1) is 5.92 Å². The first kappa shape index (κ1) is 17.7. The van der Waals surface area contributed by atoms with Crippen LogP contribution in [0.2, 0.25) is 0 Å². The molecule has 1 saturated carbocycles. The molecule has 2 heterocycles. The Kier molecular flexibility index (Phi) is 4.95. The van der Waals surface area contributed by atoms with Gasteiger partial charge in [0, 0.05) is 43.7 Å². The van der Waals surface area contributed by atoms with Gasteiger partial charge in [0.05, 0.1) is 0 Å². The summed E-state index contributed by atoms with van der Waals surface area (Å²) in [5, 5.41) is 13.8. The summed E-state index contributed by atoms with van der Waals surface area (Å²) in [5.74, 6) is -1.90. The first-order valence-corrected chi connectivity index (χ1v) is 7.71. The highest BCUT2D eigenvalue weighted by Gasteiger charge is 2.60. The van der Waals surface area contributed by atoms with Crippen LogP contribution in [0.25, 0.3) is 0 Å². The lowest BCUT2D eigenvalue weighted by atomic mass is 10.2. The van der Waals surface area contributed by atoms with E-state index in [0.717, 1.165) is 24.6 Å². The van der Waals surface area contributed by atoms with Crippen molar-refractivity contribution in [3.8, 4) is 0 Å². The Morgan fingerprint density at radius 2 is 2.22 bits per heavy atom. The van der Waals surface area contributed by atoms with Crippen LogP contribution >= 0.6 is 11.3 Å². The van der Waals surface area contributed by atoms with Gasteiger partial charge in [0.25, 0.3) is 0 Å². The molecule has 0 bridgehead atoms. The van der Waals surface area contributed by atoms with Crippen LogP contribution in [0.4, 0.5) is 13.2 Å². The molecule has 128 valence electrons. The van der Waals surface area contributed by atoms with E-state index in [1.54, 1.807) is 18.3 Å². The molecule has 1 aliphatic carbocycles. The first-order chi connectivity index (χ1) is 10.6. The third-order valence-electron chi connectivity index (χ3n) is 3.91. The minimum absolute atomic E-state index is 0.197. The zero-order chi connectivity index (χ0) is 17.3. The van der Waals surface area contributed by atoms with E-state index in [4.69, 9.17) is 9.90 Å². The number of aromatic nitrogens is 1. The van der Waals surface area contributed by atoms with E-state index >= 15 is 0 Å². The van der Waals surface area contributed by atoms with E-state index in [0.29, 0.717) is 5.92 Å². The standard InChI is InChI=1S/C11H15N3OS.C2HF3O2/c1-8(15)14-6-9-4-11(9,7-14)13-5-10-12-2-3-16-10;3-2(4,5)1(6)7/h2-3,9,13H,4-7H2,1H3;(H,6,7). The number of nitrogens with zero attached hydrogens (tertiary/aromatic N) is 2. The lowest BCUT2D eigenvalue weighted by Gasteiger charge is -2.19. The van der Waals surface area contributed by atoms with E-state index in [1.807, 2.05) is 16.5 Å². The lowest BCUT2D eigenvalue weighted by Crippen LogP contribution is -2.39. The van der Waals surface area contributed by atoms with Gasteiger partial charge in [0.1, 0.15) is 5.01 Å². The van der Waals surface area contributed by atoms with E-state index in [-0.39, 0.29) is 11.4 Å². The van der Waals surface area contributed by atoms with E-state index < -0.39 is 12.1 Å². The van der Waals surface area contributed by atoms with Gasteiger partial charge in [-0.3, -0.25) is 4.79 Å². The van der Waals surface area contributed by atoms with E-state index in [9.17, 15) is 18.0 Å². The molecule has 2 N–H and O–H groups in total. The number of carbonyl (C=O) groups excluding carboxylic acids is 1. The summed E-state index contributed by atoms with van der Waals surface area (Å²) in [6.45, 7) is 4.29. The fraction of sp³-hybridized carbons (Fsp3) is 0.615. The average Bonchev–Trinajstić information content (AvgIpc) is 2.83. The quantitative estimate of drug-likeness (QED) is 0.862. The number of rotatable bonds is 3. The zero-order valence-corrected chi connectivity index (χ0v) is 13.1. The van der Waals surface area contributed by atoms with Gasteiger partial charge in [-0.25, -0.2) is 9.78 Å². The normalized spacial score (nSPS) is 25.4. The summed E-state index contributed by atoms with van der Waals surface area (Å²) < 4.78 is 31.7. The Labute approximate surface area is 134 Å². The number of thiazole rings is 1. The zero-order valence-electron chi connectivity index (χ0n) is 12.3. The smallest absolute Gasteiger partial charge is 0.475 e. The molecule has 6 nitrogen and oxygen atoms in total. The fourth-order valence-corrected chi connectivity index (χ4v) is 3.15. The molecule has 23 heavy (non-hydrogen) atoms. The summed E-state index contributed by atoms with van der Waals surface area (Å²) in [7, 11) is 0. The van der Waals surface area contributed by atoms with Gasteiger partial charge >= 0.3 is 12.1 Å². The molecular formula is C13H16F3N3O3S. The van der Waals surface area contributed by atoms with E-state index in [2.05, 4.69) is 10.3 Å². The van der Waals surface area contributed by atoms with Crippen LogP contribution in [0.3, 0.4) is 0 Å². The number of nitrogens with one attached hydrogen (secondary N) is 1. The molecule has 1 amide bonds. The highest BCUT2D eigenvalue weighted by atomic mass is 32.1. The molecule has 2 fully saturated rings. The van der Waals surface area contributed by atoms with Gasteiger partial charge in [-0.05, 0) is 12.3 Å². The predicted octanol–water partition coefficient (Wildman–Crippen LogP) is 1.49. The number of halogens is 3. The maximum absolute atomic E-state index is 11.3. The minimum Gasteiger partial charge on any atom is -0.475 e. The van der Waals surface area contributed by atoms with Gasteiger partial charge in [-0.15, -0.1) is 11.3 Å². The summed E-state index contributed by atoms with van der Waals surface area (Å²) >= 11 is 1.68. The number of amides is 1.